The Morgan fingerprint density at radius 2 is 1.89 bits per heavy atom. The summed E-state index contributed by atoms with van der Waals surface area (Å²) in [5.41, 5.74) is 0.465. The van der Waals surface area contributed by atoms with E-state index in [2.05, 4.69) is 11.9 Å². The predicted octanol–water partition coefficient (Wildman–Crippen LogP) is 0.0330. The van der Waals surface area contributed by atoms with Crippen molar-refractivity contribution < 1.29 is 22.2 Å². The minimum absolute atomic E-state index is 0.173. The van der Waals surface area contributed by atoms with Gasteiger partial charge in [-0.3, -0.25) is 9.35 Å². The summed E-state index contributed by atoms with van der Waals surface area (Å²) >= 11 is 0. The molecule has 0 fully saturated rings. The minimum atomic E-state index is -3.88. The van der Waals surface area contributed by atoms with Gasteiger partial charge in [-0.1, -0.05) is 6.58 Å². The van der Waals surface area contributed by atoms with Gasteiger partial charge in [-0.25, -0.2) is 0 Å². The highest BCUT2D eigenvalue weighted by Gasteiger charge is 2.16. The van der Waals surface area contributed by atoms with Crippen molar-refractivity contribution in [1.29, 1.82) is 0 Å². The van der Waals surface area contributed by atoms with Crippen LogP contribution in [0.3, 0.4) is 0 Å². The standard InChI is InChI=1S/C11H22N2O4S/c1-10(2)11(14)12-6-8-13(3,4)7-5-9-18(15,16)17/h1,5-9H2,2-4H3,(H-,12,14,15,16,17)/p+1. The average Bonchev–Trinajstić information content (AvgIpc) is 2.14. The van der Waals surface area contributed by atoms with Gasteiger partial charge in [-0.05, 0) is 6.92 Å². The van der Waals surface area contributed by atoms with E-state index in [1.165, 1.54) is 0 Å². The van der Waals surface area contributed by atoms with Gasteiger partial charge in [0.1, 0.15) is 0 Å². The number of likely N-dealkylation sites (N-methyl/N-ethyl adjacent to an activating group) is 1. The molecule has 0 aromatic carbocycles. The van der Waals surface area contributed by atoms with Crippen LogP contribution in [0.25, 0.3) is 0 Å². The van der Waals surface area contributed by atoms with E-state index in [1.54, 1.807) is 6.92 Å². The van der Waals surface area contributed by atoms with Gasteiger partial charge >= 0.3 is 0 Å². The zero-order valence-corrected chi connectivity index (χ0v) is 12.1. The van der Waals surface area contributed by atoms with Crippen molar-refractivity contribution in [3.05, 3.63) is 12.2 Å². The highest BCUT2D eigenvalue weighted by atomic mass is 32.2. The lowest BCUT2D eigenvalue weighted by atomic mass is 10.3. The van der Waals surface area contributed by atoms with Crippen LogP contribution in [-0.2, 0) is 14.9 Å². The normalized spacial score (nSPS) is 12.2. The van der Waals surface area contributed by atoms with Crippen LogP contribution in [0.15, 0.2) is 12.2 Å². The lowest BCUT2D eigenvalue weighted by molar-refractivity contribution is -0.889. The number of rotatable bonds is 8. The maximum absolute atomic E-state index is 11.2. The van der Waals surface area contributed by atoms with Gasteiger partial charge in [-0.15, -0.1) is 0 Å². The Balaban J connectivity index is 3.94. The third-order valence-corrected chi connectivity index (χ3v) is 3.36. The second kappa shape index (κ2) is 6.86. The highest BCUT2D eigenvalue weighted by molar-refractivity contribution is 7.85. The summed E-state index contributed by atoms with van der Waals surface area (Å²) in [6, 6.07) is 0. The van der Waals surface area contributed by atoms with Crippen molar-refractivity contribution in [1.82, 2.24) is 5.32 Å². The molecule has 106 valence electrons. The fraction of sp³-hybridized carbons (Fsp3) is 0.727. The third kappa shape index (κ3) is 9.15. The molecular weight excluding hydrogens is 256 g/mol. The van der Waals surface area contributed by atoms with Crippen LogP contribution in [0.1, 0.15) is 13.3 Å². The first-order chi connectivity index (χ1) is 8.03. The van der Waals surface area contributed by atoms with Crippen LogP contribution in [0.2, 0.25) is 0 Å². The van der Waals surface area contributed by atoms with Gasteiger partial charge in [0, 0.05) is 12.0 Å². The molecule has 7 heteroatoms. The van der Waals surface area contributed by atoms with E-state index < -0.39 is 10.1 Å². The van der Waals surface area contributed by atoms with Crippen molar-refractivity contribution in [2.24, 2.45) is 0 Å². The molecule has 0 aliphatic carbocycles. The number of hydrogen-bond acceptors (Lipinski definition) is 3. The zero-order chi connectivity index (χ0) is 14.4. The zero-order valence-electron chi connectivity index (χ0n) is 11.3. The number of nitrogens with one attached hydrogen (secondary N) is 1. The molecule has 0 saturated heterocycles. The largest absolute Gasteiger partial charge is 0.347 e. The van der Waals surface area contributed by atoms with Gasteiger partial charge in [-0.2, -0.15) is 8.42 Å². The van der Waals surface area contributed by atoms with Crippen LogP contribution in [-0.4, -0.2) is 62.8 Å². The summed E-state index contributed by atoms with van der Waals surface area (Å²) in [6.07, 6.45) is 0.389. The van der Waals surface area contributed by atoms with Crippen LogP contribution < -0.4 is 5.32 Å². The molecule has 0 radical (unpaired) electrons. The first-order valence-electron chi connectivity index (χ1n) is 5.74. The lowest BCUT2D eigenvalue weighted by Gasteiger charge is -2.29. The monoisotopic (exact) mass is 279 g/mol. The van der Waals surface area contributed by atoms with Gasteiger partial charge < -0.3 is 9.80 Å². The molecule has 6 nitrogen and oxygen atoms in total. The summed E-state index contributed by atoms with van der Waals surface area (Å²) in [4.78, 5) is 11.2. The molecule has 0 heterocycles. The lowest BCUT2D eigenvalue weighted by Crippen LogP contribution is -2.46. The molecule has 0 aliphatic rings. The maximum atomic E-state index is 11.2. The van der Waals surface area contributed by atoms with Crippen LogP contribution in [0.5, 0.6) is 0 Å². The average molecular weight is 279 g/mol. The second-order valence-corrected chi connectivity index (χ2v) is 6.63. The fourth-order valence-electron chi connectivity index (χ4n) is 1.41. The van der Waals surface area contributed by atoms with E-state index in [0.717, 1.165) is 0 Å². The molecule has 0 atom stereocenters. The van der Waals surface area contributed by atoms with Crippen molar-refractivity contribution in [3.8, 4) is 0 Å². The Bertz CT molecular complexity index is 401. The van der Waals surface area contributed by atoms with Crippen molar-refractivity contribution in [2.75, 3.05) is 39.5 Å². The molecule has 2 N–H and O–H groups in total. The number of carbonyl (C=O) groups is 1. The first kappa shape index (κ1) is 17.1. The highest BCUT2D eigenvalue weighted by Crippen LogP contribution is 2.00. The molecule has 18 heavy (non-hydrogen) atoms. The topological polar surface area (TPSA) is 83.5 Å². The Morgan fingerprint density at radius 1 is 1.33 bits per heavy atom. The number of quaternary nitrogens is 1. The van der Waals surface area contributed by atoms with Gasteiger partial charge in [0.25, 0.3) is 10.1 Å². The fourth-order valence-corrected chi connectivity index (χ4v) is 1.90. The minimum Gasteiger partial charge on any atom is -0.347 e. The molecule has 0 spiro atoms. The molecule has 0 unspecified atom stereocenters. The Kier molecular flexibility index (Phi) is 6.51. The summed E-state index contributed by atoms with van der Waals surface area (Å²) in [7, 11) is -0.000299. The molecule has 0 rings (SSSR count). The molecule has 0 bridgehead atoms. The number of nitrogens with zero attached hydrogens (tertiary/aromatic N) is 1. The molecule has 0 aliphatic heterocycles. The second-order valence-electron chi connectivity index (χ2n) is 5.06. The van der Waals surface area contributed by atoms with Crippen LogP contribution in [0, 0.1) is 0 Å². The Hall–Kier alpha value is -0.920. The van der Waals surface area contributed by atoms with Gasteiger partial charge in [0.2, 0.25) is 5.91 Å². The smallest absolute Gasteiger partial charge is 0.265 e. The van der Waals surface area contributed by atoms with Crippen molar-refractivity contribution in [2.45, 2.75) is 13.3 Å². The Morgan fingerprint density at radius 3 is 2.33 bits per heavy atom. The Labute approximate surface area is 109 Å². The summed E-state index contributed by atoms with van der Waals surface area (Å²) in [5, 5.41) is 2.72. The van der Waals surface area contributed by atoms with E-state index in [4.69, 9.17) is 4.55 Å². The van der Waals surface area contributed by atoms with Crippen LogP contribution >= 0.6 is 0 Å². The van der Waals surface area contributed by atoms with Crippen molar-refractivity contribution in [3.63, 3.8) is 0 Å². The molecule has 0 saturated carbocycles. The molecule has 0 aromatic heterocycles. The molecular formula is C11H23N2O4S+. The number of hydrogen-bond donors (Lipinski definition) is 2. The summed E-state index contributed by atoms with van der Waals surface area (Å²) < 4.78 is 30.4. The predicted molar refractivity (Wildman–Crippen MR) is 70.7 cm³/mol. The van der Waals surface area contributed by atoms with Crippen molar-refractivity contribution >= 4 is 16.0 Å². The van der Waals surface area contributed by atoms with Gasteiger partial charge in [0.05, 0.1) is 39.5 Å². The van der Waals surface area contributed by atoms with Crippen LogP contribution in [0.4, 0.5) is 0 Å². The third-order valence-electron chi connectivity index (χ3n) is 2.56. The van der Waals surface area contributed by atoms with Gasteiger partial charge in [0.15, 0.2) is 0 Å². The number of amides is 1. The maximum Gasteiger partial charge on any atom is 0.265 e. The SMILES string of the molecule is C=C(C)C(=O)NCC[N+](C)(C)CCCS(=O)(=O)O. The first-order valence-corrected chi connectivity index (χ1v) is 7.35. The molecule has 1 amide bonds. The summed E-state index contributed by atoms with van der Waals surface area (Å²) in [5.74, 6) is -0.403. The van der Waals surface area contributed by atoms with E-state index in [1.807, 2.05) is 14.1 Å². The quantitative estimate of drug-likeness (QED) is 0.373. The van der Waals surface area contributed by atoms with E-state index in [0.29, 0.717) is 36.1 Å². The summed E-state index contributed by atoms with van der Waals surface area (Å²) in [6.45, 7) is 6.98. The number of carbonyl (C=O) groups excluding carboxylic acids is 1. The van der Waals surface area contributed by atoms with E-state index >= 15 is 0 Å². The van der Waals surface area contributed by atoms with E-state index in [-0.39, 0.29) is 11.7 Å². The van der Waals surface area contributed by atoms with E-state index in [9.17, 15) is 13.2 Å². The molecule has 0 aromatic rings.